The third-order valence-corrected chi connectivity index (χ3v) is 7.29. The number of rotatable bonds is 9. The summed E-state index contributed by atoms with van der Waals surface area (Å²) in [6.45, 7) is 6.79. The second kappa shape index (κ2) is 10.5. The molecule has 5 rings (SSSR count). The molecule has 1 N–H and O–H groups in total. The summed E-state index contributed by atoms with van der Waals surface area (Å²) in [6, 6.07) is 24.5. The van der Waals surface area contributed by atoms with Crippen molar-refractivity contribution >= 4 is 23.4 Å². The van der Waals surface area contributed by atoms with E-state index in [2.05, 4.69) is 85.5 Å². The SMILES string of the molecule is Cc1ccc(/C=C/CCn2c(=N)n(C(C=O)C(c3ccc(C)cc3)N3CCC3)c3ccccc32)cc1. The molecule has 36 heavy (non-hydrogen) atoms. The Balaban J connectivity index is 1.49. The number of fused-ring (bicyclic) bond motifs is 1. The van der Waals surface area contributed by atoms with Crippen molar-refractivity contribution in [2.45, 2.75) is 45.3 Å². The molecule has 0 saturated carbocycles. The van der Waals surface area contributed by atoms with E-state index in [9.17, 15) is 4.79 Å². The molecule has 2 heterocycles. The van der Waals surface area contributed by atoms with Crippen LogP contribution in [0.5, 0.6) is 0 Å². The molecular formula is C31H34N4O. The van der Waals surface area contributed by atoms with Crippen LogP contribution in [0.25, 0.3) is 17.1 Å². The first-order valence-electron chi connectivity index (χ1n) is 12.8. The van der Waals surface area contributed by atoms with Gasteiger partial charge in [0, 0.05) is 19.6 Å². The van der Waals surface area contributed by atoms with Crippen LogP contribution in [-0.4, -0.2) is 33.4 Å². The first kappa shape index (κ1) is 24.0. The van der Waals surface area contributed by atoms with Gasteiger partial charge in [-0.05, 0) is 49.9 Å². The maximum Gasteiger partial charge on any atom is 0.203 e. The first-order chi connectivity index (χ1) is 17.6. The first-order valence-corrected chi connectivity index (χ1v) is 12.8. The molecular weight excluding hydrogens is 444 g/mol. The van der Waals surface area contributed by atoms with Crippen molar-refractivity contribution in [2.75, 3.05) is 13.1 Å². The number of hydrogen-bond acceptors (Lipinski definition) is 3. The molecule has 3 aromatic carbocycles. The molecule has 0 bridgehead atoms. The lowest BCUT2D eigenvalue weighted by Gasteiger charge is -2.41. The van der Waals surface area contributed by atoms with Crippen LogP contribution in [0.15, 0.2) is 78.9 Å². The Hall–Kier alpha value is -3.70. The molecule has 4 aromatic rings. The summed E-state index contributed by atoms with van der Waals surface area (Å²) in [7, 11) is 0. The van der Waals surface area contributed by atoms with Gasteiger partial charge in [0.05, 0.1) is 17.1 Å². The minimum atomic E-state index is -0.477. The number of imidazole rings is 1. The van der Waals surface area contributed by atoms with Gasteiger partial charge < -0.3 is 9.36 Å². The third-order valence-electron chi connectivity index (χ3n) is 7.29. The zero-order valence-corrected chi connectivity index (χ0v) is 21.1. The van der Waals surface area contributed by atoms with E-state index in [1.165, 1.54) is 16.7 Å². The zero-order valence-electron chi connectivity index (χ0n) is 21.1. The fourth-order valence-electron chi connectivity index (χ4n) is 5.17. The van der Waals surface area contributed by atoms with Gasteiger partial charge in [-0.1, -0.05) is 83.9 Å². The smallest absolute Gasteiger partial charge is 0.203 e. The summed E-state index contributed by atoms with van der Waals surface area (Å²) in [5.74, 6) is 0. The van der Waals surface area contributed by atoms with E-state index < -0.39 is 6.04 Å². The van der Waals surface area contributed by atoms with E-state index in [1.807, 2.05) is 27.3 Å². The van der Waals surface area contributed by atoms with Crippen LogP contribution in [0.3, 0.4) is 0 Å². The van der Waals surface area contributed by atoms with Crippen LogP contribution in [0, 0.1) is 19.3 Å². The number of nitrogens with zero attached hydrogens (tertiary/aromatic N) is 3. The Bertz CT molecular complexity index is 1420. The molecule has 1 aromatic heterocycles. The number of aryl methyl sites for hydroxylation is 3. The lowest BCUT2D eigenvalue weighted by molar-refractivity contribution is -0.113. The summed E-state index contributed by atoms with van der Waals surface area (Å²) in [5.41, 5.74) is 7.05. The topological polar surface area (TPSA) is 54.0 Å². The minimum Gasteiger partial charge on any atom is -0.310 e. The molecule has 5 heteroatoms. The minimum absolute atomic E-state index is 0.0911. The summed E-state index contributed by atoms with van der Waals surface area (Å²) < 4.78 is 3.97. The van der Waals surface area contributed by atoms with E-state index in [0.29, 0.717) is 12.2 Å². The number of para-hydroxylation sites is 2. The average molecular weight is 479 g/mol. The van der Waals surface area contributed by atoms with Crippen molar-refractivity contribution in [3.05, 3.63) is 107 Å². The standard InChI is InChI=1S/C31H34N4O/c1-23-11-15-25(16-12-23)8-5-6-21-34-27-9-3-4-10-28(27)35(31(34)32)29(22-36)30(33-19-7-20-33)26-17-13-24(2)14-18-26/h3-5,8-18,22,29-30,32H,6-7,19-21H2,1-2H3/b8-5+,32-31?. The Labute approximate surface area is 212 Å². The van der Waals surface area contributed by atoms with Crippen molar-refractivity contribution in [3.8, 4) is 0 Å². The highest BCUT2D eigenvalue weighted by atomic mass is 16.1. The monoisotopic (exact) mass is 478 g/mol. The largest absolute Gasteiger partial charge is 0.310 e. The van der Waals surface area contributed by atoms with E-state index in [4.69, 9.17) is 5.41 Å². The summed E-state index contributed by atoms with van der Waals surface area (Å²) in [4.78, 5) is 15.1. The predicted molar refractivity (Wildman–Crippen MR) is 146 cm³/mol. The Morgan fingerprint density at radius 2 is 1.53 bits per heavy atom. The Morgan fingerprint density at radius 1 is 0.889 bits per heavy atom. The molecule has 2 unspecified atom stereocenters. The normalized spacial score (nSPS) is 15.7. The Morgan fingerprint density at radius 3 is 2.14 bits per heavy atom. The van der Waals surface area contributed by atoms with Crippen LogP contribution in [-0.2, 0) is 11.3 Å². The molecule has 0 radical (unpaired) electrons. The molecule has 1 fully saturated rings. The zero-order chi connectivity index (χ0) is 25.1. The lowest BCUT2D eigenvalue weighted by atomic mass is 9.94. The van der Waals surface area contributed by atoms with Crippen LogP contribution in [0.2, 0.25) is 0 Å². The lowest BCUT2D eigenvalue weighted by Crippen LogP contribution is -2.45. The molecule has 0 amide bonds. The van der Waals surface area contributed by atoms with Crippen LogP contribution in [0.4, 0.5) is 0 Å². The van der Waals surface area contributed by atoms with Gasteiger partial charge in [-0.3, -0.25) is 14.9 Å². The number of aldehydes is 1. The number of allylic oxidation sites excluding steroid dienone is 1. The highest BCUT2D eigenvalue weighted by molar-refractivity contribution is 5.78. The van der Waals surface area contributed by atoms with Gasteiger partial charge in [0.2, 0.25) is 5.62 Å². The van der Waals surface area contributed by atoms with Gasteiger partial charge in [-0.2, -0.15) is 0 Å². The number of carbonyl (C=O) groups is 1. The Kier molecular flexibility index (Phi) is 7.01. The molecule has 0 aliphatic carbocycles. The maximum atomic E-state index is 12.7. The molecule has 184 valence electrons. The van der Waals surface area contributed by atoms with Gasteiger partial charge in [0.15, 0.2) is 0 Å². The number of likely N-dealkylation sites (tertiary alicyclic amines) is 1. The molecule has 1 aliphatic heterocycles. The van der Waals surface area contributed by atoms with E-state index in [-0.39, 0.29) is 6.04 Å². The van der Waals surface area contributed by atoms with Crippen molar-refractivity contribution in [1.82, 2.24) is 14.0 Å². The number of benzene rings is 3. The third kappa shape index (κ3) is 4.71. The fourth-order valence-corrected chi connectivity index (χ4v) is 5.17. The second-order valence-corrected chi connectivity index (χ2v) is 9.81. The van der Waals surface area contributed by atoms with Crippen molar-refractivity contribution in [1.29, 1.82) is 5.41 Å². The molecule has 1 saturated heterocycles. The molecule has 1 aliphatic rings. The van der Waals surface area contributed by atoms with Gasteiger partial charge in [-0.15, -0.1) is 0 Å². The van der Waals surface area contributed by atoms with Crippen molar-refractivity contribution in [2.24, 2.45) is 0 Å². The highest BCUT2D eigenvalue weighted by Crippen LogP contribution is 2.35. The molecule has 2 atom stereocenters. The second-order valence-electron chi connectivity index (χ2n) is 9.81. The maximum absolute atomic E-state index is 12.7. The summed E-state index contributed by atoms with van der Waals surface area (Å²) in [5, 5.41) is 9.16. The fraction of sp³-hybridized carbons (Fsp3) is 0.290. The number of nitrogens with one attached hydrogen (secondary N) is 1. The predicted octanol–water partition coefficient (Wildman–Crippen LogP) is 5.83. The number of carbonyl (C=O) groups excluding carboxylic acids is 1. The van der Waals surface area contributed by atoms with Gasteiger partial charge in [0.1, 0.15) is 12.3 Å². The van der Waals surface area contributed by atoms with E-state index in [1.54, 1.807) is 0 Å². The quantitative estimate of drug-likeness (QED) is 0.308. The van der Waals surface area contributed by atoms with Crippen LogP contribution >= 0.6 is 0 Å². The van der Waals surface area contributed by atoms with E-state index in [0.717, 1.165) is 48.8 Å². The van der Waals surface area contributed by atoms with Crippen LogP contribution in [0.1, 0.15) is 47.2 Å². The molecule has 5 nitrogen and oxygen atoms in total. The van der Waals surface area contributed by atoms with Crippen molar-refractivity contribution in [3.63, 3.8) is 0 Å². The molecule has 0 spiro atoms. The van der Waals surface area contributed by atoms with Crippen LogP contribution < -0.4 is 5.62 Å². The number of aromatic nitrogens is 2. The average Bonchev–Trinajstić information content (AvgIpc) is 3.13. The number of hydrogen-bond donors (Lipinski definition) is 1. The summed E-state index contributed by atoms with van der Waals surface area (Å²) >= 11 is 0. The highest BCUT2D eigenvalue weighted by Gasteiger charge is 2.35. The van der Waals surface area contributed by atoms with E-state index >= 15 is 0 Å². The van der Waals surface area contributed by atoms with Crippen molar-refractivity contribution < 1.29 is 4.79 Å². The van der Waals surface area contributed by atoms with Gasteiger partial charge >= 0.3 is 0 Å². The van der Waals surface area contributed by atoms with Gasteiger partial charge in [-0.25, -0.2) is 0 Å². The summed E-state index contributed by atoms with van der Waals surface area (Å²) in [6.07, 6.45) is 7.28. The van der Waals surface area contributed by atoms with Gasteiger partial charge in [0.25, 0.3) is 0 Å².